The van der Waals surface area contributed by atoms with Crippen LogP contribution in [0.4, 0.5) is 0 Å². The number of hydrogen-bond donors (Lipinski definition) is 3. The number of aryl methyl sites for hydroxylation is 1. The Bertz CT molecular complexity index is 1020. The lowest BCUT2D eigenvalue weighted by Crippen LogP contribution is -2.42. The first-order valence-corrected chi connectivity index (χ1v) is 13.7. The van der Waals surface area contributed by atoms with Gasteiger partial charge in [0.15, 0.2) is 6.23 Å². The van der Waals surface area contributed by atoms with E-state index >= 15 is 0 Å². The molecular formula is C22H39N4O9P. The highest BCUT2D eigenvalue weighted by molar-refractivity contribution is 7.53. The quantitative estimate of drug-likeness (QED) is 0.279. The third-order valence-electron chi connectivity index (χ3n) is 5.68. The third kappa shape index (κ3) is 8.07. The second-order valence-corrected chi connectivity index (χ2v) is 11.1. The molecule has 5 atom stereocenters. The van der Waals surface area contributed by atoms with E-state index in [0.29, 0.717) is 13.1 Å². The SMILES string of the molecule is CCOP(=O)(C[C@@H](C)C1OC(n2cc(C)c(=O)[nH]c2=O)[C@H](OCC(=O)NCCN(C)C)[C@@H]1O)OCC. The predicted molar refractivity (Wildman–Crippen MR) is 132 cm³/mol. The second kappa shape index (κ2) is 13.6. The zero-order valence-corrected chi connectivity index (χ0v) is 22.7. The summed E-state index contributed by atoms with van der Waals surface area (Å²) in [5, 5.41) is 13.9. The van der Waals surface area contributed by atoms with Crippen LogP contribution in [-0.4, -0.2) is 96.9 Å². The zero-order valence-electron chi connectivity index (χ0n) is 21.8. The van der Waals surface area contributed by atoms with Crippen LogP contribution >= 0.6 is 7.60 Å². The maximum atomic E-state index is 13.1. The first-order valence-electron chi connectivity index (χ1n) is 12.0. The first kappa shape index (κ1) is 30.4. The number of ether oxygens (including phenoxy) is 2. The van der Waals surface area contributed by atoms with Gasteiger partial charge in [-0.15, -0.1) is 0 Å². The van der Waals surface area contributed by atoms with Gasteiger partial charge in [-0.3, -0.25) is 23.7 Å². The molecule has 206 valence electrons. The number of likely N-dealkylation sites (N-methyl/N-ethyl adjacent to an activating group) is 1. The molecule has 1 aliphatic heterocycles. The van der Waals surface area contributed by atoms with Gasteiger partial charge in [0.2, 0.25) is 5.91 Å². The number of aromatic amines is 1. The van der Waals surface area contributed by atoms with Crippen molar-refractivity contribution in [1.82, 2.24) is 19.8 Å². The number of nitrogens with zero attached hydrogens (tertiary/aromatic N) is 2. The molecule has 0 spiro atoms. The van der Waals surface area contributed by atoms with Gasteiger partial charge in [0.25, 0.3) is 5.56 Å². The van der Waals surface area contributed by atoms with E-state index in [1.807, 2.05) is 19.0 Å². The minimum absolute atomic E-state index is 0.0413. The number of aromatic nitrogens is 2. The van der Waals surface area contributed by atoms with E-state index in [-0.39, 0.29) is 31.5 Å². The van der Waals surface area contributed by atoms with Crippen molar-refractivity contribution < 1.29 is 33.0 Å². The highest BCUT2D eigenvalue weighted by Crippen LogP contribution is 2.51. The van der Waals surface area contributed by atoms with Crippen LogP contribution in [0.5, 0.6) is 0 Å². The van der Waals surface area contributed by atoms with Crippen molar-refractivity contribution in [1.29, 1.82) is 0 Å². The van der Waals surface area contributed by atoms with Gasteiger partial charge in [-0.25, -0.2) is 4.79 Å². The normalized spacial score (nSPS) is 23.2. The number of carbonyl (C=O) groups is 1. The fourth-order valence-electron chi connectivity index (χ4n) is 3.96. The van der Waals surface area contributed by atoms with E-state index in [0.717, 1.165) is 4.57 Å². The molecule has 1 aromatic heterocycles. The average molecular weight is 535 g/mol. The third-order valence-corrected chi connectivity index (χ3v) is 8.01. The summed E-state index contributed by atoms with van der Waals surface area (Å²) in [5.41, 5.74) is -1.05. The number of aliphatic hydroxyl groups excluding tert-OH is 1. The predicted octanol–water partition coefficient (Wildman–Crippen LogP) is 0.0685. The van der Waals surface area contributed by atoms with E-state index < -0.39 is 55.2 Å². The van der Waals surface area contributed by atoms with Crippen molar-refractivity contribution in [3.8, 4) is 0 Å². The number of hydrogen-bond acceptors (Lipinski definition) is 10. The van der Waals surface area contributed by atoms with Crippen molar-refractivity contribution in [2.45, 2.75) is 52.2 Å². The number of aliphatic hydroxyl groups is 1. The second-order valence-electron chi connectivity index (χ2n) is 9.00. The Morgan fingerprint density at radius 1 is 1.31 bits per heavy atom. The lowest BCUT2D eigenvalue weighted by Gasteiger charge is -2.26. The van der Waals surface area contributed by atoms with E-state index in [1.165, 1.54) is 13.1 Å². The molecule has 13 nitrogen and oxygen atoms in total. The molecule has 0 aromatic carbocycles. The van der Waals surface area contributed by atoms with Gasteiger partial charge >= 0.3 is 13.3 Å². The lowest BCUT2D eigenvalue weighted by molar-refractivity contribution is -0.133. The summed E-state index contributed by atoms with van der Waals surface area (Å²) in [6, 6.07) is 0. The van der Waals surface area contributed by atoms with Gasteiger partial charge in [0.1, 0.15) is 18.8 Å². The molecule has 2 rings (SSSR count). The number of carbonyl (C=O) groups excluding carboxylic acids is 1. The van der Waals surface area contributed by atoms with Gasteiger partial charge in [-0.2, -0.15) is 0 Å². The average Bonchev–Trinajstić information content (AvgIpc) is 3.10. The fourth-order valence-corrected chi connectivity index (χ4v) is 5.95. The van der Waals surface area contributed by atoms with Gasteiger partial charge in [0, 0.05) is 24.8 Å². The summed E-state index contributed by atoms with van der Waals surface area (Å²) in [6.07, 6.45) is -3.21. The smallest absolute Gasteiger partial charge is 0.331 e. The summed E-state index contributed by atoms with van der Waals surface area (Å²) in [7, 11) is 0.294. The van der Waals surface area contributed by atoms with Crippen LogP contribution in [0.25, 0.3) is 0 Å². The molecule has 2 unspecified atom stereocenters. The summed E-state index contributed by atoms with van der Waals surface area (Å²) >= 11 is 0. The fraction of sp³-hybridized carbons (Fsp3) is 0.773. The van der Waals surface area contributed by atoms with Crippen LogP contribution in [0, 0.1) is 12.8 Å². The minimum atomic E-state index is -3.46. The van der Waals surface area contributed by atoms with Gasteiger partial charge < -0.3 is 33.8 Å². The Morgan fingerprint density at radius 3 is 2.53 bits per heavy atom. The molecule has 1 aromatic rings. The maximum absolute atomic E-state index is 13.1. The molecule has 14 heteroatoms. The van der Waals surface area contributed by atoms with Crippen LogP contribution in [0.1, 0.15) is 32.6 Å². The van der Waals surface area contributed by atoms with Crippen molar-refractivity contribution >= 4 is 13.5 Å². The zero-order chi connectivity index (χ0) is 27.0. The van der Waals surface area contributed by atoms with E-state index in [1.54, 1.807) is 20.8 Å². The number of nitrogens with one attached hydrogen (secondary N) is 2. The molecule has 1 aliphatic rings. The number of amides is 1. The van der Waals surface area contributed by atoms with Crippen LogP contribution in [-0.2, 0) is 27.9 Å². The molecule has 3 N–H and O–H groups in total. The number of H-pyrrole nitrogens is 1. The molecule has 0 aliphatic carbocycles. The Hall–Kier alpha value is -1.86. The number of rotatable bonds is 14. The van der Waals surface area contributed by atoms with Crippen molar-refractivity contribution in [3.05, 3.63) is 32.6 Å². The van der Waals surface area contributed by atoms with Crippen LogP contribution in [0.15, 0.2) is 15.8 Å². The topological polar surface area (TPSA) is 161 Å². The van der Waals surface area contributed by atoms with Crippen LogP contribution in [0.2, 0.25) is 0 Å². The van der Waals surface area contributed by atoms with Gasteiger partial charge in [0.05, 0.1) is 25.5 Å². The highest BCUT2D eigenvalue weighted by atomic mass is 31.2. The molecule has 1 saturated heterocycles. The van der Waals surface area contributed by atoms with E-state index in [4.69, 9.17) is 18.5 Å². The van der Waals surface area contributed by atoms with Crippen molar-refractivity contribution in [3.63, 3.8) is 0 Å². The summed E-state index contributed by atoms with van der Waals surface area (Å²) < 4.78 is 36.7. The maximum Gasteiger partial charge on any atom is 0.331 e. The lowest BCUT2D eigenvalue weighted by atomic mass is 10.00. The largest absolute Gasteiger partial charge is 0.387 e. The van der Waals surface area contributed by atoms with Crippen molar-refractivity contribution in [2.75, 3.05) is 53.2 Å². The van der Waals surface area contributed by atoms with Crippen LogP contribution in [0.3, 0.4) is 0 Å². The van der Waals surface area contributed by atoms with Gasteiger partial charge in [-0.1, -0.05) is 6.92 Å². The monoisotopic (exact) mass is 534 g/mol. The Kier molecular flexibility index (Phi) is 11.5. The summed E-state index contributed by atoms with van der Waals surface area (Å²) in [4.78, 5) is 40.8. The van der Waals surface area contributed by atoms with Crippen LogP contribution < -0.4 is 16.6 Å². The Balaban J connectivity index is 2.27. The molecule has 0 radical (unpaired) electrons. The molecule has 0 bridgehead atoms. The van der Waals surface area contributed by atoms with E-state index in [2.05, 4.69) is 10.3 Å². The summed E-state index contributed by atoms with van der Waals surface area (Å²) in [6.45, 7) is 7.66. The first-order chi connectivity index (χ1) is 16.9. The van der Waals surface area contributed by atoms with Crippen molar-refractivity contribution in [2.24, 2.45) is 5.92 Å². The molecule has 0 saturated carbocycles. The standard InChI is InChI=1S/C22H39N4O9P/c1-7-33-36(31,34-8-2)13-15(4)18-17(28)19(32-12-16(27)23-9-10-25(5)6)21(35-18)26-11-14(3)20(29)24-22(26)30/h11,15,17-19,21,28H,7-10,12-13H2,1-6H3,(H,23,27)(H,24,29,30)/t15-,17-,18?,19-,21?/m1/s1. The molecule has 36 heavy (non-hydrogen) atoms. The molecule has 1 fully saturated rings. The Labute approximate surface area is 210 Å². The molecular weight excluding hydrogens is 495 g/mol. The van der Waals surface area contributed by atoms with E-state index in [9.17, 15) is 24.1 Å². The molecule has 2 heterocycles. The Morgan fingerprint density at radius 2 is 1.94 bits per heavy atom. The molecule has 1 amide bonds. The minimum Gasteiger partial charge on any atom is -0.387 e. The summed E-state index contributed by atoms with van der Waals surface area (Å²) in [5.74, 6) is -0.935. The van der Waals surface area contributed by atoms with Gasteiger partial charge in [-0.05, 0) is 40.8 Å². The highest BCUT2D eigenvalue weighted by Gasteiger charge is 2.49.